The van der Waals surface area contributed by atoms with E-state index in [9.17, 15) is 27.2 Å². The molecule has 2 rings (SSSR count). The van der Waals surface area contributed by atoms with E-state index < -0.39 is 46.8 Å². The predicted molar refractivity (Wildman–Crippen MR) is 92.8 cm³/mol. The maximum atomic E-state index is 14.3. The van der Waals surface area contributed by atoms with Crippen molar-refractivity contribution >= 4 is 27.9 Å². The lowest BCUT2D eigenvalue weighted by Gasteiger charge is -2.22. The van der Waals surface area contributed by atoms with Crippen molar-refractivity contribution in [2.45, 2.75) is 45.0 Å². The number of carbonyl (C=O) groups is 2. The largest absolute Gasteiger partial charge is 0.444 e. The number of hydrogen-bond acceptors (Lipinski definition) is 3. The third-order valence-corrected chi connectivity index (χ3v) is 4.47. The summed E-state index contributed by atoms with van der Waals surface area (Å²) in [6.07, 6.45) is -5.19. The van der Waals surface area contributed by atoms with Crippen molar-refractivity contribution in [1.29, 1.82) is 0 Å². The molecule has 0 saturated carbocycles. The molecule has 2 amide bonds. The van der Waals surface area contributed by atoms with Crippen LogP contribution in [0.3, 0.4) is 0 Å². The number of ether oxygens (including phenoxy) is 1. The minimum Gasteiger partial charge on any atom is -0.444 e. The molecule has 0 radical (unpaired) electrons. The summed E-state index contributed by atoms with van der Waals surface area (Å²) in [4.78, 5) is 25.6. The van der Waals surface area contributed by atoms with Gasteiger partial charge >= 0.3 is 12.3 Å². The van der Waals surface area contributed by atoms with E-state index >= 15 is 0 Å². The van der Waals surface area contributed by atoms with Crippen LogP contribution in [-0.4, -0.2) is 41.6 Å². The van der Waals surface area contributed by atoms with Gasteiger partial charge in [0.25, 0.3) is 5.91 Å². The van der Waals surface area contributed by atoms with Gasteiger partial charge in [0.15, 0.2) is 0 Å². The second-order valence-corrected chi connectivity index (χ2v) is 8.02. The summed E-state index contributed by atoms with van der Waals surface area (Å²) in [7, 11) is 0. The van der Waals surface area contributed by atoms with Crippen LogP contribution in [-0.2, 0) is 10.9 Å². The van der Waals surface area contributed by atoms with Crippen molar-refractivity contribution < 1.29 is 31.9 Å². The molecule has 1 fully saturated rings. The number of alkyl carbamates (subject to hydrolysis) is 1. The number of likely N-dealkylation sites (tertiary alicyclic amines) is 1. The summed E-state index contributed by atoms with van der Waals surface area (Å²) in [5, 5.41) is 2.60. The quantitative estimate of drug-likeness (QED) is 0.675. The van der Waals surface area contributed by atoms with Crippen LogP contribution in [0.4, 0.5) is 22.4 Å². The highest BCUT2D eigenvalue weighted by Crippen LogP contribution is 2.35. The predicted octanol–water partition coefficient (Wildman–Crippen LogP) is 4.35. The molecule has 1 saturated heterocycles. The Morgan fingerprint density at radius 2 is 1.89 bits per heavy atom. The SMILES string of the molecule is CC(C)(C)OC(=O)NC1CCN(C(=O)c2c(Br)ccc(C(F)(F)F)c2F)C1. The molecule has 1 unspecified atom stereocenters. The first-order valence-electron chi connectivity index (χ1n) is 8.13. The molecular formula is C17H19BrF4N2O3. The van der Waals surface area contributed by atoms with Crippen molar-refractivity contribution in [3.63, 3.8) is 0 Å². The van der Waals surface area contributed by atoms with E-state index in [0.717, 1.165) is 6.07 Å². The number of hydrogen-bond donors (Lipinski definition) is 1. The van der Waals surface area contributed by atoms with Gasteiger partial charge in [0.2, 0.25) is 0 Å². The van der Waals surface area contributed by atoms with Crippen LogP contribution in [0.5, 0.6) is 0 Å². The van der Waals surface area contributed by atoms with Gasteiger partial charge in [-0.2, -0.15) is 13.2 Å². The average Bonchev–Trinajstić information content (AvgIpc) is 2.91. The van der Waals surface area contributed by atoms with Crippen molar-refractivity contribution in [1.82, 2.24) is 10.2 Å². The molecule has 0 aliphatic carbocycles. The van der Waals surface area contributed by atoms with Gasteiger partial charge < -0.3 is 15.0 Å². The van der Waals surface area contributed by atoms with Crippen LogP contribution in [0, 0.1) is 5.82 Å². The van der Waals surface area contributed by atoms with Gasteiger partial charge in [-0.1, -0.05) is 0 Å². The second kappa shape index (κ2) is 7.65. The maximum Gasteiger partial charge on any atom is 0.419 e. The normalized spacial score (nSPS) is 17.8. The summed E-state index contributed by atoms with van der Waals surface area (Å²) < 4.78 is 58.1. The zero-order valence-electron chi connectivity index (χ0n) is 14.9. The van der Waals surface area contributed by atoms with Gasteiger partial charge in [-0.25, -0.2) is 9.18 Å². The summed E-state index contributed by atoms with van der Waals surface area (Å²) in [6.45, 7) is 5.31. The fraction of sp³-hybridized carbons (Fsp3) is 0.529. The lowest BCUT2D eigenvalue weighted by atomic mass is 10.1. The van der Waals surface area contributed by atoms with Crippen molar-refractivity contribution in [2.24, 2.45) is 0 Å². The first kappa shape index (κ1) is 21.5. The Kier molecular flexibility index (Phi) is 6.08. The molecule has 1 atom stereocenters. The number of alkyl halides is 3. The van der Waals surface area contributed by atoms with Gasteiger partial charge in [0, 0.05) is 17.6 Å². The fourth-order valence-electron chi connectivity index (χ4n) is 2.66. The van der Waals surface area contributed by atoms with E-state index in [2.05, 4.69) is 21.2 Å². The highest BCUT2D eigenvalue weighted by Gasteiger charge is 2.38. The molecule has 0 spiro atoms. The molecule has 10 heteroatoms. The van der Waals surface area contributed by atoms with E-state index in [1.807, 2.05) is 0 Å². The van der Waals surface area contributed by atoms with E-state index in [-0.39, 0.29) is 17.6 Å². The average molecular weight is 455 g/mol. The standard InChI is InChI=1S/C17H19BrF4N2O3/c1-16(2,3)27-15(26)23-9-6-7-24(8-9)14(25)12-11(18)5-4-10(13(12)19)17(20,21)22/h4-5,9H,6-8H2,1-3H3,(H,23,26). The summed E-state index contributed by atoms with van der Waals surface area (Å²) in [5.74, 6) is -2.50. The van der Waals surface area contributed by atoms with E-state index in [4.69, 9.17) is 4.74 Å². The summed E-state index contributed by atoms with van der Waals surface area (Å²) in [5.41, 5.74) is -2.87. The molecule has 1 N–H and O–H groups in total. The van der Waals surface area contributed by atoms with E-state index in [1.165, 1.54) is 4.90 Å². The molecule has 0 bridgehead atoms. The van der Waals surface area contributed by atoms with Crippen LogP contribution in [0.15, 0.2) is 16.6 Å². The van der Waals surface area contributed by atoms with Crippen molar-refractivity contribution in [2.75, 3.05) is 13.1 Å². The Labute approximate surface area is 162 Å². The highest BCUT2D eigenvalue weighted by molar-refractivity contribution is 9.10. The Morgan fingerprint density at radius 3 is 2.44 bits per heavy atom. The third-order valence-electron chi connectivity index (χ3n) is 3.81. The van der Waals surface area contributed by atoms with Crippen LogP contribution in [0.25, 0.3) is 0 Å². The third kappa shape index (κ3) is 5.33. The molecule has 1 aromatic rings. The van der Waals surface area contributed by atoms with Gasteiger partial charge in [0.1, 0.15) is 11.4 Å². The van der Waals surface area contributed by atoms with Crippen LogP contribution in [0.1, 0.15) is 43.1 Å². The van der Waals surface area contributed by atoms with Crippen LogP contribution < -0.4 is 5.32 Å². The lowest BCUT2D eigenvalue weighted by Crippen LogP contribution is -2.41. The highest BCUT2D eigenvalue weighted by atomic mass is 79.9. The fourth-order valence-corrected chi connectivity index (χ4v) is 3.14. The second-order valence-electron chi connectivity index (χ2n) is 7.16. The number of rotatable bonds is 2. The molecule has 5 nitrogen and oxygen atoms in total. The monoisotopic (exact) mass is 454 g/mol. The van der Waals surface area contributed by atoms with Gasteiger partial charge in [-0.3, -0.25) is 4.79 Å². The molecule has 150 valence electrons. The molecule has 0 aromatic heterocycles. The first-order valence-corrected chi connectivity index (χ1v) is 8.93. The molecule has 1 aliphatic heterocycles. The number of halogens is 5. The van der Waals surface area contributed by atoms with Crippen LogP contribution in [0.2, 0.25) is 0 Å². The minimum atomic E-state index is -4.91. The van der Waals surface area contributed by atoms with Crippen molar-refractivity contribution in [3.8, 4) is 0 Å². The minimum absolute atomic E-state index is 0.0419. The number of carbonyl (C=O) groups excluding carboxylic acids is 2. The topological polar surface area (TPSA) is 58.6 Å². The summed E-state index contributed by atoms with van der Waals surface area (Å²) >= 11 is 2.94. The molecule has 1 heterocycles. The molecular weight excluding hydrogens is 436 g/mol. The number of amides is 2. The van der Waals surface area contributed by atoms with Crippen LogP contribution >= 0.6 is 15.9 Å². The number of benzene rings is 1. The number of nitrogens with zero attached hydrogens (tertiary/aromatic N) is 1. The Balaban J connectivity index is 2.13. The molecule has 1 aliphatic rings. The van der Waals surface area contributed by atoms with Crippen molar-refractivity contribution in [3.05, 3.63) is 33.5 Å². The van der Waals surface area contributed by atoms with E-state index in [0.29, 0.717) is 12.5 Å². The van der Waals surface area contributed by atoms with Gasteiger partial charge in [0.05, 0.1) is 17.2 Å². The zero-order chi connectivity index (χ0) is 20.6. The number of nitrogens with one attached hydrogen (secondary N) is 1. The Bertz CT molecular complexity index is 747. The lowest BCUT2D eigenvalue weighted by molar-refractivity contribution is -0.140. The molecule has 27 heavy (non-hydrogen) atoms. The van der Waals surface area contributed by atoms with Gasteiger partial charge in [-0.15, -0.1) is 0 Å². The Morgan fingerprint density at radius 1 is 1.26 bits per heavy atom. The van der Waals surface area contributed by atoms with E-state index in [1.54, 1.807) is 20.8 Å². The smallest absolute Gasteiger partial charge is 0.419 e. The molecule has 1 aromatic carbocycles. The summed E-state index contributed by atoms with van der Waals surface area (Å²) in [6, 6.07) is 1.13. The maximum absolute atomic E-state index is 14.3. The van der Waals surface area contributed by atoms with Gasteiger partial charge in [-0.05, 0) is 55.3 Å². The zero-order valence-corrected chi connectivity index (χ0v) is 16.5. The Hall–Kier alpha value is -1.84. The first-order chi connectivity index (χ1) is 12.3.